The summed E-state index contributed by atoms with van der Waals surface area (Å²) in [7, 11) is 0. The van der Waals surface area contributed by atoms with Crippen molar-refractivity contribution in [2.75, 3.05) is 26.3 Å². The average Bonchev–Trinajstić information content (AvgIpc) is 2.96. The molecule has 0 amide bonds. The Balaban J connectivity index is 1.92. The number of benzene rings is 1. The minimum Gasteiger partial charge on any atom is -0.486 e. The third-order valence-electron chi connectivity index (χ3n) is 4.52. The molecule has 2 aliphatic heterocycles. The molecule has 116 valence electrons. The van der Waals surface area contributed by atoms with Crippen molar-refractivity contribution in [3.63, 3.8) is 0 Å². The summed E-state index contributed by atoms with van der Waals surface area (Å²) in [5.74, 6) is 1.41. The van der Waals surface area contributed by atoms with Crippen LogP contribution in [-0.2, 0) is 0 Å². The molecule has 0 spiro atoms. The van der Waals surface area contributed by atoms with E-state index in [1.165, 1.54) is 12.8 Å². The van der Waals surface area contributed by atoms with Crippen LogP contribution in [0.4, 0.5) is 0 Å². The van der Waals surface area contributed by atoms with Crippen molar-refractivity contribution in [1.82, 2.24) is 4.90 Å². The van der Waals surface area contributed by atoms with Crippen LogP contribution < -0.4 is 15.2 Å². The minimum absolute atomic E-state index is 0.200. The Kier molecular flexibility index (Phi) is 4.57. The van der Waals surface area contributed by atoms with Gasteiger partial charge in [-0.2, -0.15) is 0 Å². The summed E-state index contributed by atoms with van der Waals surface area (Å²) in [5.41, 5.74) is 7.20. The number of hydrogen-bond donors (Lipinski definition) is 1. The molecule has 5 heteroatoms. The fraction of sp³-hybridized carbons (Fsp3) is 0.625. The normalized spacial score (nSPS) is 23.3. The number of ether oxygens (including phenoxy) is 2. The first kappa shape index (κ1) is 14.9. The van der Waals surface area contributed by atoms with Crippen LogP contribution in [0.15, 0.2) is 12.1 Å². The van der Waals surface area contributed by atoms with Crippen LogP contribution >= 0.6 is 11.6 Å². The maximum Gasteiger partial charge on any atom is 0.179 e. The molecule has 1 aromatic carbocycles. The minimum atomic E-state index is 0.200. The van der Waals surface area contributed by atoms with Gasteiger partial charge in [0.15, 0.2) is 11.5 Å². The van der Waals surface area contributed by atoms with Gasteiger partial charge >= 0.3 is 0 Å². The molecule has 1 aromatic rings. The lowest BCUT2D eigenvalue weighted by atomic mass is 10.0. The first-order chi connectivity index (χ1) is 10.2. The molecule has 21 heavy (non-hydrogen) atoms. The SMILES string of the molecule is CCC1CCCN1C(CN)c1cc(Cl)c2c(c1)OCCO2. The standard InChI is InChI=1S/C16H23ClN2O2/c1-2-12-4-3-5-19(12)14(10-18)11-8-13(17)16-15(9-11)20-6-7-21-16/h8-9,12,14H,2-7,10,18H2,1H3. The van der Waals surface area contributed by atoms with Crippen molar-refractivity contribution in [3.05, 3.63) is 22.7 Å². The highest BCUT2D eigenvalue weighted by Gasteiger charge is 2.31. The number of likely N-dealkylation sites (tertiary alicyclic amines) is 1. The van der Waals surface area contributed by atoms with E-state index >= 15 is 0 Å². The van der Waals surface area contributed by atoms with Crippen molar-refractivity contribution >= 4 is 11.6 Å². The van der Waals surface area contributed by atoms with Gasteiger partial charge in [0.25, 0.3) is 0 Å². The van der Waals surface area contributed by atoms with Crippen LogP contribution in [0, 0.1) is 0 Å². The molecular formula is C16H23ClN2O2. The Morgan fingerprint density at radius 2 is 2.19 bits per heavy atom. The molecule has 3 rings (SSSR count). The molecule has 2 unspecified atom stereocenters. The summed E-state index contributed by atoms with van der Waals surface area (Å²) in [6.45, 7) is 5.06. The summed E-state index contributed by atoms with van der Waals surface area (Å²) in [4.78, 5) is 2.52. The third-order valence-corrected chi connectivity index (χ3v) is 4.80. The quantitative estimate of drug-likeness (QED) is 0.929. The Morgan fingerprint density at radius 1 is 1.38 bits per heavy atom. The summed E-state index contributed by atoms with van der Waals surface area (Å²) >= 11 is 6.36. The van der Waals surface area contributed by atoms with Gasteiger partial charge in [0.05, 0.1) is 5.02 Å². The van der Waals surface area contributed by atoms with Crippen LogP contribution in [-0.4, -0.2) is 37.2 Å². The number of nitrogens with two attached hydrogens (primary N) is 1. The second-order valence-corrected chi connectivity index (χ2v) is 6.13. The number of hydrogen-bond acceptors (Lipinski definition) is 4. The molecule has 2 aliphatic rings. The predicted molar refractivity (Wildman–Crippen MR) is 84.3 cm³/mol. The Morgan fingerprint density at radius 3 is 2.95 bits per heavy atom. The lowest BCUT2D eigenvalue weighted by Crippen LogP contribution is -2.37. The van der Waals surface area contributed by atoms with Gasteiger partial charge in [-0.3, -0.25) is 4.90 Å². The largest absolute Gasteiger partial charge is 0.486 e. The van der Waals surface area contributed by atoms with Crippen molar-refractivity contribution in [2.45, 2.75) is 38.3 Å². The van der Waals surface area contributed by atoms with Crippen molar-refractivity contribution < 1.29 is 9.47 Å². The summed E-state index contributed by atoms with van der Waals surface area (Å²) in [6.07, 6.45) is 3.66. The molecule has 4 nitrogen and oxygen atoms in total. The molecule has 0 aliphatic carbocycles. The van der Waals surface area contributed by atoms with E-state index in [4.69, 9.17) is 26.8 Å². The zero-order chi connectivity index (χ0) is 14.8. The van der Waals surface area contributed by atoms with E-state index in [1.807, 2.05) is 12.1 Å². The predicted octanol–water partition coefficient (Wildman–Crippen LogP) is 2.99. The van der Waals surface area contributed by atoms with Crippen LogP contribution in [0.2, 0.25) is 5.02 Å². The van der Waals surface area contributed by atoms with E-state index in [9.17, 15) is 0 Å². The van der Waals surface area contributed by atoms with Gasteiger partial charge in [0, 0.05) is 18.6 Å². The lowest BCUT2D eigenvalue weighted by Gasteiger charge is -2.33. The summed E-state index contributed by atoms with van der Waals surface area (Å²) in [5, 5.41) is 0.618. The van der Waals surface area contributed by atoms with E-state index in [-0.39, 0.29) is 6.04 Å². The third kappa shape index (κ3) is 2.85. The molecular weight excluding hydrogens is 288 g/mol. The number of rotatable bonds is 4. The second kappa shape index (κ2) is 6.42. The van der Waals surface area contributed by atoms with E-state index in [1.54, 1.807) is 0 Å². The topological polar surface area (TPSA) is 47.7 Å². The van der Waals surface area contributed by atoms with Crippen LogP contribution in [0.1, 0.15) is 37.8 Å². The van der Waals surface area contributed by atoms with E-state index in [0.29, 0.717) is 36.6 Å². The summed E-state index contributed by atoms with van der Waals surface area (Å²) in [6, 6.07) is 4.84. The first-order valence-electron chi connectivity index (χ1n) is 7.79. The molecule has 2 heterocycles. The molecule has 2 N–H and O–H groups in total. The monoisotopic (exact) mass is 310 g/mol. The maximum absolute atomic E-state index is 6.36. The van der Waals surface area contributed by atoms with Crippen molar-refractivity contribution in [3.8, 4) is 11.5 Å². The smallest absolute Gasteiger partial charge is 0.179 e. The highest BCUT2D eigenvalue weighted by molar-refractivity contribution is 6.32. The van der Waals surface area contributed by atoms with Gasteiger partial charge in [-0.25, -0.2) is 0 Å². The van der Waals surface area contributed by atoms with Gasteiger partial charge in [-0.05, 0) is 43.5 Å². The fourth-order valence-electron chi connectivity index (χ4n) is 3.49. The molecule has 1 fully saturated rings. The Bertz CT molecular complexity index is 509. The highest BCUT2D eigenvalue weighted by atomic mass is 35.5. The highest BCUT2D eigenvalue weighted by Crippen LogP contribution is 2.41. The molecule has 0 bridgehead atoms. The second-order valence-electron chi connectivity index (χ2n) is 5.72. The van der Waals surface area contributed by atoms with E-state index in [2.05, 4.69) is 11.8 Å². The fourth-order valence-corrected chi connectivity index (χ4v) is 3.77. The van der Waals surface area contributed by atoms with Gasteiger partial charge in [-0.15, -0.1) is 0 Å². The average molecular weight is 311 g/mol. The zero-order valence-corrected chi connectivity index (χ0v) is 13.2. The van der Waals surface area contributed by atoms with Gasteiger partial charge < -0.3 is 15.2 Å². The van der Waals surface area contributed by atoms with Crippen molar-refractivity contribution in [2.24, 2.45) is 5.73 Å². The van der Waals surface area contributed by atoms with E-state index < -0.39 is 0 Å². The number of nitrogens with zero attached hydrogens (tertiary/aromatic N) is 1. The van der Waals surface area contributed by atoms with Crippen LogP contribution in [0.3, 0.4) is 0 Å². The number of halogens is 1. The lowest BCUT2D eigenvalue weighted by molar-refractivity contribution is 0.166. The van der Waals surface area contributed by atoms with Gasteiger partial charge in [-0.1, -0.05) is 18.5 Å². The molecule has 0 radical (unpaired) electrons. The molecule has 0 saturated carbocycles. The Hall–Kier alpha value is -0.970. The van der Waals surface area contributed by atoms with Crippen molar-refractivity contribution in [1.29, 1.82) is 0 Å². The molecule has 2 atom stereocenters. The first-order valence-corrected chi connectivity index (χ1v) is 8.17. The summed E-state index contributed by atoms with van der Waals surface area (Å²) < 4.78 is 11.3. The van der Waals surface area contributed by atoms with Crippen LogP contribution in [0.25, 0.3) is 0 Å². The zero-order valence-electron chi connectivity index (χ0n) is 12.5. The molecule has 0 aromatic heterocycles. The molecule has 1 saturated heterocycles. The van der Waals surface area contributed by atoms with E-state index in [0.717, 1.165) is 24.3 Å². The van der Waals surface area contributed by atoms with Gasteiger partial charge in [0.1, 0.15) is 13.2 Å². The number of fused-ring (bicyclic) bond motifs is 1. The maximum atomic E-state index is 6.36. The Labute approximate surface area is 131 Å². The van der Waals surface area contributed by atoms with Crippen LogP contribution in [0.5, 0.6) is 11.5 Å². The van der Waals surface area contributed by atoms with Gasteiger partial charge in [0.2, 0.25) is 0 Å².